The second-order valence-corrected chi connectivity index (χ2v) is 2.80. The number of methoxy groups -OCH3 is 1. The van der Waals surface area contributed by atoms with Gasteiger partial charge in [-0.2, -0.15) is 0 Å². The summed E-state index contributed by atoms with van der Waals surface area (Å²) in [6, 6.07) is 3.87. The Balaban J connectivity index is 3.03. The molecule has 0 atom stereocenters. The van der Waals surface area contributed by atoms with Crippen LogP contribution in [0.15, 0.2) is 18.2 Å². The van der Waals surface area contributed by atoms with E-state index in [0.29, 0.717) is 0 Å². The number of esters is 2. The fourth-order valence-corrected chi connectivity index (χ4v) is 1.10. The van der Waals surface area contributed by atoms with Crippen molar-refractivity contribution in [2.45, 2.75) is 0 Å². The Bertz CT molecular complexity index is 441. The molecule has 0 saturated carbocycles. The molecule has 6 nitrogen and oxygen atoms in total. The van der Waals surface area contributed by atoms with Crippen molar-refractivity contribution < 1.29 is 23.9 Å². The number of hydrogen-bond donors (Lipinski definition) is 1. The number of anilines is 1. The van der Waals surface area contributed by atoms with Gasteiger partial charge in [0, 0.05) is 5.69 Å². The third-order valence-electron chi connectivity index (χ3n) is 1.85. The number of hydrogen-bond acceptors (Lipinski definition) is 6. The third kappa shape index (κ3) is 2.35. The summed E-state index contributed by atoms with van der Waals surface area (Å²) in [7, 11) is 1.22. The normalized spacial score (nSPS) is 9.31. The fourth-order valence-electron chi connectivity index (χ4n) is 1.10. The van der Waals surface area contributed by atoms with E-state index in [1.165, 1.54) is 25.3 Å². The molecule has 16 heavy (non-hydrogen) atoms. The van der Waals surface area contributed by atoms with Crippen molar-refractivity contribution in [3.8, 4) is 0 Å². The summed E-state index contributed by atoms with van der Waals surface area (Å²) in [6.07, 6.45) is 0. The number of carbonyl (C=O) groups excluding carboxylic acids is 3. The lowest BCUT2D eigenvalue weighted by Crippen LogP contribution is -2.09. The van der Waals surface area contributed by atoms with E-state index in [2.05, 4.69) is 9.47 Å². The molecule has 0 saturated heterocycles. The van der Waals surface area contributed by atoms with Crippen LogP contribution < -0.4 is 5.73 Å². The van der Waals surface area contributed by atoms with Crippen LogP contribution in [0.5, 0.6) is 0 Å². The second-order valence-electron chi connectivity index (χ2n) is 2.80. The van der Waals surface area contributed by atoms with E-state index in [9.17, 15) is 14.4 Å². The smallest absolute Gasteiger partial charge is 0.345 e. The first-order valence-corrected chi connectivity index (χ1v) is 4.22. The Morgan fingerprint density at radius 2 is 2.00 bits per heavy atom. The first kappa shape index (κ1) is 11.7. The Labute approximate surface area is 90.9 Å². The van der Waals surface area contributed by atoms with E-state index in [-0.39, 0.29) is 23.3 Å². The molecule has 84 valence electrons. The molecule has 0 aliphatic rings. The van der Waals surface area contributed by atoms with Crippen LogP contribution in [0.1, 0.15) is 20.7 Å². The highest BCUT2D eigenvalue weighted by Gasteiger charge is 2.13. The summed E-state index contributed by atoms with van der Waals surface area (Å²) in [5.41, 5.74) is 5.84. The molecule has 0 aliphatic heterocycles. The number of benzene rings is 1. The average molecular weight is 223 g/mol. The molecule has 1 aromatic carbocycles. The van der Waals surface area contributed by atoms with Crippen molar-refractivity contribution in [1.29, 1.82) is 0 Å². The van der Waals surface area contributed by atoms with Gasteiger partial charge in [-0.1, -0.05) is 0 Å². The van der Waals surface area contributed by atoms with Crippen LogP contribution >= 0.6 is 0 Å². The molecule has 0 aliphatic carbocycles. The minimum Gasteiger partial charge on any atom is -0.465 e. The summed E-state index contributed by atoms with van der Waals surface area (Å²) in [6.45, 7) is 0.0206. The highest BCUT2D eigenvalue weighted by atomic mass is 16.6. The van der Waals surface area contributed by atoms with Crippen LogP contribution in [0.4, 0.5) is 5.69 Å². The Morgan fingerprint density at radius 3 is 2.50 bits per heavy atom. The standard InChI is InChI=1S/C10H9NO5/c1-15-10(14)7-3-2-6(4-8(7)11)9(13)16-5-12/h2-5H,11H2,1H3. The molecule has 0 spiro atoms. The van der Waals surface area contributed by atoms with Gasteiger partial charge in [0.15, 0.2) is 0 Å². The van der Waals surface area contributed by atoms with Crippen molar-refractivity contribution in [2.24, 2.45) is 0 Å². The minimum atomic E-state index is -0.835. The lowest BCUT2D eigenvalue weighted by molar-refractivity contribution is -0.123. The van der Waals surface area contributed by atoms with Gasteiger partial charge in [-0.3, -0.25) is 4.79 Å². The average Bonchev–Trinajstić information content (AvgIpc) is 2.28. The monoisotopic (exact) mass is 223 g/mol. The lowest BCUT2D eigenvalue weighted by atomic mass is 10.1. The maximum atomic E-state index is 11.2. The summed E-state index contributed by atoms with van der Waals surface area (Å²) in [4.78, 5) is 32.2. The molecule has 0 aromatic heterocycles. The highest BCUT2D eigenvalue weighted by Crippen LogP contribution is 2.15. The molecular weight excluding hydrogens is 214 g/mol. The van der Waals surface area contributed by atoms with Crippen molar-refractivity contribution in [2.75, 3.05) is 12.8 Å². The number of rotatable bonds is 3. The quantitative estimate of drug-likeness (QED) is 0.344. The summed E-state index contributed by atoms with van der Waals surface area (Å²) < 4.78 is 8.59. The molecule has 0 unspecified atom stereocenters. The first-order chi connectivity index (χ1) is 7.60. The molecule has 0 amide bonds. The van der Waals surface area contributed by atoms with Gasteiger partial charge in [-0.25, -0.2) is 9.59 Å². The summed E-state index contributed by atoms with van der Waals surface area (Å²) >= 11 is 0. The van der Waals surface area contributed by atoms with Gasteiger partial charge in [-0.15, -0.1) is 0 Å². The molecule has 0 radical (unpaired) electrons. The van der Waals surface area contributed by atoms with Gasteiger partial charge in [-0.05, 0) is 18.2 Å². The lowest BCUT2D eigenvalue weighted by Gasteiger charge is -2.04. The van der Waals surface area contributed by atoms with E-state index in [1.807, 2.05) is 0 Å². The van der Waals surface area contributed by atoms with Gasteiger partial charge < -0.3 is 15.2 Å². The molecule has 0 fully saturated rings. The van der Waals surface area contributed by atoms with Crippen molar-refractivity contribution in [3.05, 3.63) is 29.3 Å². The summed E-state index contributed by atoms with van der Waals surface area (Å²) in [5.74, 6) is -1.44. The molecular formula is C10H9NO5. The van der Waals surface area contributed by atoms with Crippen molar-refractivity contribution in [3.63, 3.8) is 0 Å². The maximum Gasteiger partial charge on any atom is 0.345 e. The van der Waals surface area contributed by atoms with E-state index in [4.69, 9.17) is 5.73 Å². The molecule has 2 N–H and O–H groups in total. The zero-order valence-corrected chi connectivity index (χ0v) is 8.43. The number of nitrogens with two attached hydrogens (primary N) is 1. The first-order valence-electron chi connectivity index (χ1n) is 4.22. The third-order valence-corrected chi connectivity index (χ3v) is 1.85. The van der Waals surface area contributed by atoms with Crippen LogP contribution in [0.3, 0.4) is 0 Å². The Morgan fingerprint density at radius 1 is 1.31 bits per heavy atom. The zero-order valence-electron chi connectivity index (χ0n) is 8.43. The number of ether oxygens (including phenoxy) is 2. The minimum absolute atomic E-state index is 0.0206. The van der Waals surface area contributed by atoms with Gasteiger partial charge in [0.05, 0.1) is 18.2 Å². The Kier molecular flexibility index (Phi) is 3.60. The second kappa shape index (κ2) is 4.92. The van der Waals surface area contributed by atoms with Gasteiger partial charge >= 0.3 is 18.4 Å². The molecule has 0 bridgehead atoms. The van der Waals surface area contributed by atoms with Crippen LogP contribution in [-0.4, -0.2) is 25.5 Å². The van der Waals surface area contributed by atoms with E-state index >= 15 is 0 Å². The maximum absolute atomic E-state index is 11.2. The predicted molar refractivity (Wildman–Crippen MR) is 53.7 cm³/mol. The number of carbonyl (C=O) groups is 3. The van der Waals surface area contributed by atoms with Crippen LogP contribution in [0.25, 0.3) is 0 Å². The Hall–Kier alpha value is -2.37. The summed E-state index contributed by atoms with van der Waals surface area (Å²) in [5, 5.41) is 0. The number of nitrogen functional groups attached to an aromatic ring is 1. The molecule has 0 heterocycles. The van der Waals surface area contributed by atoms with Crippen LogP contribution in [0.2, 0.25) is 0 Å². The molecule has 1 rings (SSSR count). The van der Waals surface area contributed by atoms with Crippen molar-refractivity contribution in [1.82, 2.24) is 0 Å². The van der Waals surface area contributed by atoms with Gasteiger partial charge in [0.1, 0.15) is 0 Å². The molecule has 6 heteroatoms. The fraction of sp³-hybridized carbons (Fsp3) is 0.100. The van der Waals surface area contributed by atoms with E-state index in [0.717, 1.165) is 0 Å². The van der Waals surface area contributed by atoms with Gasteiger partial charge in [0.2, 0.25) is 0 Å². The van der Waals surface area contributed by atoms with Gasteiger partial charge in [0.25, 0.3) is 0 Å². The molecule has 1 aromatic rings. The van der Waals surface area contributed by atoms with E-state index < -0.39 is 11.9 Å². The highest BCUT2D eigenvalue weighted by molar-refractivity contribution is 5.99. The van der Waals surface area contributed by atoms with Crippen LogP contribution in [0, 0.1) is 0 Å². The largest absolute Gasteiger partial charge is 0.465 e. The van der Waals surface area contributed by atoms with E-state index in [1.54, 1.807) is 0 Å². The predicted octanol–water partition coefficient (Wildman–Crippen LogP) is 0.369. The SMILES string of the molecule is COC(=O)c1ccc(C(=O)OC=O)cc1N. The zero-order chi connectivity index (χ0) is 12.1. The topological polar surface area (TPSA) is 95.7 Å². The van der Waals surface area contributed by atoms with Crippen LogP contribution in [-0.2, 0) is 14.3 Å². The van der Waals surface area contributed by atoms with Crippen molar-refractivity contribution >= 4 is 24.1 Å².